The van der Waals surface area contributed by atoms with Gasteiger partial charge in [0, 0.05) is 24.2 Å². The van der Waals surface area contributed by atoms with Gasteiger partial charge in [-0.1, -0.05) is 6.08 Å². The SMILES string of the molecule is CC(C)(C)NC(=O)/C=C\C1COCCN1. The van der Waals surface area contributed by atoms with Crippen LogP contribution in [0.5, 0.6) is 0 Å². The standard InChI is InChI=1S/C11H20N2O2/c1-11(2,3)13-10(14)5-4-9-8-15-7-6-12-9/h4-5,9,12H,6-8H2,1-3H3,(H,13,14)/b5-4-. The van der Waals surface area contributed by atoms with E-state index in [9.17, 15) is 4.79 Å². The number of hydrogen-bond donors (Lipinski definition) is 2. The lowest BCUT2D eigenvalue weighted by molar-refractivity contribution is -0.117. The van der Waals surface area contributed by atoms with E-state index in [-0.39, 0.29) is 17.5 Å². The lowest BCUT2D eigenvalue weighted by atomic mass is 10.1. The number of ether oxygens (including phenoxy) is 1. The third-order valence-corrected chi connectivity index (χ3v) is 1.93. The highest BCUT2D eigenvalue weighted by Crippen LogP contribution is 1.99. The fourth-order valence-corrected chi connectivity index (χ4v) is 1.32. The quantitative estimate of drug-likeness (QED) is 0.653. The molecule has 1 saturated heterocycles. The van der Waals surface area contributed by atoms with Crippen molar-refractivity contribution in [2.45, 2.75) is 32.4 Å². The zero-order chi connectivity index (χ0) is 11.3. The molecule has 1 amide bonds. The first-order chi connectivity index (χ1) is 6.97. The average molecular weight is 212 g/mol. The number of rotatable bonds is 2. The molecule has 0 aromatic rings. The summed E-state index contributed by atoms with van der Waals surface area (Å²) < 4.78 is 5.27. The van der Waals surface area contributed by atoms with Crippen molar-refractivity contribution in [1.82, 2.24) is 10.6 Å². The van der Waals surface area contributed by atoms with E-state index in [1.165, 1.54) is 0 Å². The van der Waals surface area contributed by atoms with Crippen LogP contribution in [0.4, 0.5) is 0 Å². The Morgan fingerprint density at radius 1 is 1.53 bits per heavy atom. The van der Waals surface area contributed by atoms with Gasteiger partial charge in [0.15, 0.2) is 0 Å². The van der Waals surface area contributed by atoms with Gasteiger partial charge in [-0.15, -0.1) is 0 Å². The molecule has 0 aromatic carbocycles. The molecule has 1 aliphatic rings. The minimum Gasteiger partial charge on any atom is -0.378 e. The van der Waals surface area contributed by atoms with E-state index in [1.54, 1.807) is 6.08 Å². The summed E-state index contributed by atoms with van der Waals surface area (Å²) in [4.78, 5) is 11.4. The number of carbonyl (C=O) groups is 1. The second kappa shape index (κ2) is 5.28. The summed E-state index contributed by atoms with van der Waals surface area (Å²) in [6.07, 6.45) is 3.41. The lowest BCUT2D eigenvalue weighted by Gasteiger charge is -2.21. The molecule has 0 bridgehead atoms. The molecule has 0 aromatic heterocycles. The van der Waals surface area contributed by atoms with Crippen LogP contribution in [0.15, 0.2) is 12.2 Å². The van der Waals surface area contributed by atoms with Crippen molar-refractivity contribution in [1.29, 1.82) is 0 Å². The van der Waals surface area contributed by atoms with Crippen molar-refractivity contribution >= 4 is 5.91 Å². The van der Waals surface area contributed by atoms with Crippen LogP contribution in [0.2, 0.25) is 0 Å². The van der Waals surface area contributed by atoms with Gasteiger partial charge < -0.3 is 15.4 Å². The van der Waals surface area contributed by atoms with E-state index < -0.39 is 0 Å². The summed E-state index contributed by atoms with van der Waals surface area (Å²) in [5.41, 5.74) is -0.183. The molecule has 4 heteroatoms. The van der Waals surface area contributed by atoms with E-state index in [1.807, 2.05) is 26.8 Å². The maximum Gasteiger partial charge on any atom is 0.244 e. The summed E-state index contributed by atoms with van der Waals surface area (Å²) in [7, 11) is 0. The van der Waals surface area contributed by atoms with E-state index >= 15 is 0 Å². The molecule has 1 aliphatic heterocycles. The monoisotopic (exact) mass is 212 g/mol. The van der Waals surface area contributed by atoms with Crippen LogP contribution < -0.4 is 10.6 Å². The molecular weight excluding hydrogens is 192 g/mol. The molecule has 1 fully saturated rings. The summed E-state index contributed by atoms with van der Waals surface area (Å²) in [5, 5.41) is 6.11. The van der Waals surface area contributed by atoms with E-state index in [2.05, 4.69) is 10.6 Å². The first-order valence-corrected chi connectivity index (χ1v) is 5.29. The van der Waals surface area contributed by atoms with Crippen LogP contribution >= 0.6 is 0 Å². The molecule has 1 heterocycles. The fourth-order valence-electron chi connectivity index (χ4n) is 1.32. The van der Waals surface area contributed by atoms with Gasteiger partial charge in [-0.05, 0) is 20.8 Å². The summed E-state index contributed by atoms with van der Waals surface area (Å²) in [6, 6.07) is 0.157. The van der Waals surface area contributed by atoms with Gasteiger partial charge in [0.05, 0.1) is 13.2 Å². The highest BCUT2D eigenvalue weighted by atomic mass is 16.5. The van der Waals surface area contributed by atoms with Crippen molar-refractivity contribution in [3.05, 3.63) is 12.2 Å². The minimum absolute atomic E-state index is 0.0603. The predicted molar refractivity (Wildman–Crippen MR) is 59.6 cm³/mol. The Labute approximate surface area is 91.1 Å². The summed E-state index contributed by atoms with van der Waals surface area (Å²) in [5.74, 6) is -0.0603. The Bertz CT molecular complexity index is 237. The van der Waals surface area contributed by atoms with Crippen molar-refractivity contribution in [2.75, 3.05) is 19.8 Å². The van der Waals surface area contributed by atoms with Crippen molar-refractivity contribution < 1.29 is 9.53 Å². The molecule has 1 atom stereocenters. The Hall–Kier alpha value is -0.870. The lowest BCUT2D eigenvalue weighted by Crippen LogP contribution is -2.41. The van der Waals surface area contributed by atoms with Gasteiger partial charge in [0.2, 0.25) is 5.91 Å². The number of hydrogen-bond acceptors (Lipinski definition) is 3. The molecule has 1 rings (SSSR count). The molecular formula is C11H20N2O2. The van der Waals surface area contributed by atoms with Gasteiger partial charge in [0.1, 0.15) is 0 Å². The summed E-state index contributed by atoms with van der Waals surface area (Å²) >= 11 is 0. The van der Waals surface area contributed by atoms with Gasteiger partial charge in [-0.3, -0.25) is 4.79 Å². The predicted octanol–water partition coefficient (Wildman–Crippen LogP) is 0.446. The van der Waals surface area contributed by atoms with Gasteiger partial charge in [-0.25, -0.2) is 0 Å². The minimum atomic E-state index is -0.183. The topological polar surface area (TPSA) is 50.4 Å². The number of carbonyl (C=O) groups excluding carboxylic acids is 1. The number of nitrogens with one attached hydrogen (secondary N) is 2. The Balaban J connectivity index is 2.33. The number of amides is 1. The maximum absolute atomic E-state index is 11.4. The Morgan fingerprint density at radius 3 is 2.80 bits per heavy atom. The van der Waals surface area contributed by atoms with Crippen molar-refractivity contribution in [3.63, 3.8) is 0 Å². The molecule has 0 spiro atoms. The zero-order valence-electron chi connectivity index (χ0n) is 9.67. The molecule has 2 N–H and O–H groups in total. The van der Waals surface area contributed by atoms with Crippen molar-refractivity contribution in [2.24, 2.45) is 0 Å². The van der Waals surface area contributed by atoms with Crippen LogP contribution in [0, 0.1) is 0 Å². The largest absolute Gasteiger partial charge is 0.378 e. The fraction of sp³-hybridized carbons (Fsp3) is 0.727. The summed E-state index contributed by atoms with van der Waals surface area (Å²) in [6.45, 7) is 8.11. The highest BCUT2D eigenvalue weighted by molar-refractivity contribution is 5.88. The average Bonchev–Trinajstić information content (AvgIpc) is 2.14. The van der Waals surface area contributed by atoms with Crippen LogP contribution in [0.1, 0.15) is 20.8 Å². The van der Waals surface area contributed by atoms with Gasteiger partial charge >= 0.3 is 0 Å². The molecule has 1 unspecified atom stereocenters. The van der Waals surface area contributed by atoms with Crippen LogP contribution in [-0.4, -0.2) is 37.2 Å². The normalized spacial score (nSPS) is 23.0. The van der Waals surface area contributed by atoms with Crippen LogP contribution in [0.25, 0.3) is 0 Å². The number of morpholine rings is 1. The molecule has 86 valence electrons. The van der Waals surface area contributed by atoms with E-state index in [0.717, 1.165) is 13.2 Å². The zero-order valence-corrected chi connectivity index (χ0v) is 9.67. The van der Waals surface area contributed by atoms with E-state index in [4.69, 9.17) is 4.74 Å². The maximum atomic E-state index is 11.4. The molecule has 4 nitrogen and oxygen atoms in total. The second-order valence-electron chi connectivity index (χ2n) is 4.73. The first kappa shape index (κ1) is 12.2. The van der Waals surface area contributed by atoms with Crippen LogP contribution in [0.3, 0.4) is 0 Å². The Kier molecular flexibility index (Phi) is 4.29. The van der Waals surface area contributed by atoms with Crippen molar-refractivity contribution in [3.8, 4) is 0 Å². The Morgan fingerprint density at radius 2 is 2.27 bits per heavy atom. The molecule has 0 saturated carbocycles. The molecule has 15 heavy (non-hydrogen) atoms. The smallest absolute Gasteiger partial charge is 0.244 e. The highest BCUT2D eigenvalue weighted by Gasteiger charge is 2.13. The van der Waals surface area contributed by atoms with E-state index in [0.29, 0.717) is 6.61 Å². The third kappa shape index (κ3) is 5.54. The third-order valence-electron chi connectivity index (χ3n) is 1.93. The molecule has 0 radical (unpaired) electrons. The van der Waals surface area contributed by atoms with Gasteiger partial charge in [-0.2, -0.15) is 0 Å². The first-order valence-electron chi connectivity index (χ1n) is 5.29. The van der Waals surface area contributed by atoms with Crippen LogP contribution in [-0.2, 0) is 9.53 Å². The molecule has 0 aliphatic carbocycles. The van der Waals surface area contributed by atoms with Gasteiger partial charge in [0.25, 0.3) is 0 Å². The second-order valence-corrected chi connectivity index (χ2v) is 4.73.